The minimum Gasteiger partial charge on any atom is -0.490 e. The molecule has 18 heavy (non-hydrogen) atoms. The van der Waals surface area contributed by atoms with E-state index in [1.807, 2.05) is 18.2 Å². The Bertz CT molecular complexity index is 410. The summed E-state index contributed by atoms with van der Waals surface area (Å²) in [5, 5.41) is 11.7. The van der Waals surface area contributed by atoms with Gasteiger partial charge in [0.05, 0.1) is 6.10 Å². The molecule has 1 aliphatic carbocycles. The summed E-state index contributed by atoms with van der Waals surface area (Å²) in [6.07, 6.45) is 7.64. The first kappa shape index (κ1) is 12.7. The SMILES string of the molecule is N/C(=N/O)c1cccc(OC2CCCCCC2)c1. The highest BCUT2D eigenvalue weighted by Gasteiger charge is 2.14. The van der Waals surface area contributed by atoms with Crippen LogP contribution >= 0.6 is 0 Å². The van der Waals surface area contributed by atoms with Crippen LogP contribution in [0.4, 0.5) is 0 Å². The third-order valence-electron chi connectivity index (χ3n) is 3.34. The molecule has 1 aliphatic rings. The average Bonchev–Trinajstić information content (AvgIpc) is 2.67. The number of rotatable bonds is 3. The highest BCUT2D eigenvalue weighted by molar-refractivity contribution is 5.97. The van der Waals surface area contributed by atoms with Crippen molar-refractivity contribution in [3.63, 3.8) is 0 Å². The molecule has 2 rings (SSSR count). The van der Waals surface area contributed by atoms with E-state index in [1.165, 1.54) is 25.7 Å². The highest BCUT2D eigenvalue weighted by Crippen LogP contribution is 2.23. The van der Waals surface area contributed by atoms with E-state index in [9.17, 15) is 0 Å². The Morgan fingerprint density at radius 3 is 2.61 bits per heavy atom. The molecular formula is C14H20N2O2. The second kappa shape index (κ2) is 6.28. The Morgan fingerprint density at radius 1 is 1.22 bits per heavy atom. The number of nitrogens with zero attached hydrogens (tertiary/aromatic N) is 1. The Balaban J connectivity index is 2.04. The molecule has 1 aromatic carbocycles. The number of benzene rings is 1. The third-order valence-corrected chi connectivity index (χ3v) is 3.34. The topological polar surface area (TPSA) is 67.8 Å². The quantitative estimate of drug-likeness (QED) is 0.284. The number of hydrogen-bond acceptors (Lipinski definition) is 3. The fourth-order valence-corrected chi connectivity index (χ4v) is 2.34. The van der Waals surface area contributed by atoms with Crippen LogP contribution in [0.5, 0.6) is 5.75 Å². The van der Waals surface area contributed by atoms with Crippen molar-refractivity contribution in [3.05, 3.63) is 29.8 Å². The summed E-state index contributed by atoms with van der Waals surface area (Å²) in [5.74, 6) is 0.910. The summed E-state index contributed by atoms with van der Waals surface area (Å²) in [7, 11) is 0. The van der Waals surface area contributed by atoms with Crippen molar-refractivity contribution in [2.75, 3.05) is 0 Å². The van der Waals surface area contributed by atoms with Gasteiger partial charge in [-0.15, -0.1) is 0 Å². The molecule has 1 aromatic rings. The van der Waals surface area contributed by atoms with Gasteiger partial charge < -0.3 is 15.7 Å². The summed E-state index contributed by atoms with van der Waals surface area (Å²) in [5.41, 5.74) is 6.25. The Labute approximate surface area is 107 Å². The predicted octanol–water partition coefficient (Wildman–Crippen LogP) is 2.88. The summed E-state index contributed by atoms with van der Waals surface area (Å²) < 4.78 is 5.98. The van der Waals surface area contributed by atoms with E-state index in [-0.39, 0.29) is 5.84 Å². The van der Waals surface area contributed by atoms with Gasteiger partial charge in [-0.2, -0.15) is 0 Å². The van der Waals surface area contributed by atoms with Gasteiger partial charge >= 0.3 is 0 Å². The van der Waals surface area contributed by atoms with Crippen LogP contribution in [0.3, 0.4) is 0 Å². The van der Waals surface area contributed by atoms with Crippen molar-refractivity contribution in [1.82, 2.24) is 0 Å². The van der Waals surface area contributed by atoms with Crippen LogP contribution in [-0.4, -0.2) is 17.1 Å². The van der Waals surface area contributed by atoms with Gasteiger partial charge in [0.2, 0.25) is 0 Å². The van der Waals surface area contributed by atoms with Crippen molar-refractivity contribution in [2.45, 2.75) is 44.6 Å². The van der Waals surface area contributed by atoms with Crippen molar-refractivity contribution in [2.24, 2.45) is 10.9 Å². The van der Waals surface area contributed by atoms with Gasteiger partial charge in [-0.25, -0.2) is 0 Å². The van der Waals surface area contributed by atoms with E-state index >= 15 is 0 Å². The van der Waals surface area contributed by atoms with Gasteiger partial charge in [0.15, 0.2) is 5.84 Å². The van der Waals surface area contributed by atoms with E-state index in [2.05, 4.69) is 5.16 Å². The molecule has 3 N–H and O–H groups in total. The molecule has 1 saturated carbocycles. The van der Waals surface area contributed by atoms with Gasteiger partial charge in [0, 0.05) is 5.56 Å². The summed E-state index contributed by atoms with van der Waals surface area (Å²) >= 11 is 0. The minimum atomic E-state index is 0.112. The lowest BCUT2D eigenvalue weighted by atomic mass is 10.1. The largest absolute Gasteiger partial charge is 0.490 e. The smallest absolute Gasteiger partial charge is 0.170 e. The van der Waals surface area contributed by atoms with Gasteiger partial charge in [-0.05, 0) is 37.8 Å². The van der Waals surface area contributed by atoms with Crippen LogP contribution in [0.25, 0.3) is 0 Å². The standard InChI is InChI=1S/C14H20N2O2/c15-14(16-17)11-6-5-9-13(10-11)18-12-7-3-1-2-4-8-12/h5-6,9-10,12,17H,1-4,7-8H2,(H2,15,16). The molecule has 0 bridgehead atoms. The molecule has 0 heterocycles. The molecule has 0 aromatic heterocycles. The number of ether oxygens (including phenoxy) is 1. The molecule has 98 valence electrons. The maximum atomic E-state index is 8.66. The molecule has 0 atom stereocenters. The molecule has 4 heteroatoms. The van der Waals surface area contributed by atoms with E-state index in [0.29, 0.717) is 11.7 Å². The predicted molar refractivity (Wildman–Crippen MR) is 71.1 cm³/mol. The van der Waals surface area contributed by atoms with Gasteiger partial charge in [0.25, 0.3) is 0 Å². The number of hydrogen-bond donors (Lipinski definition) is 2. The second-order valence-corrected chi connectivity index (χ2v) is 4.74. The molecule has 0 unspecified atom stereocenters. The Kier molecular flexibility index (Phi) is 4.45. The van der Waals surface area contributed by atoms with Crippen molar-refractivity contribution in [3.8, 4) is 5.75 Å². The lowest BCUT2D eigenvalue weighted by Crippen LogP contribution is -2.16. The van der Waals surface area contributed by atoms with E-state index in [4.69, 9.17) is 15.7 Å². The fourth-order valence-electron chi connectivity index (χ4n) is 2.34. The van der Waals surface area contributed by atoms with Crippen molar-refractivity contribution < 1.29 is 9.94 Å². The summed E-state index contributed by atoms with van der Waals surface area (Å²) in [4.78, 5) is 0. The lowest BCUT2D eigenvalue weighted by molar-refractivity contribution is 0.183. The summed E-state index contributed by atoms with van der Waals surface area (Å²) in [6, 6.07) is 7.40. The number of oxime groups is 1. The van der Waals surface area contributed by atoms with Crippen LogP contribution < -0.4 is 10.5 Å². The molecule has 0 amide bonds. The normalized spacial score (nSPS) is 18.3. The van der Waals surface area contributed by atoms with Gasteiger partial charge in [0.1, 0.15) is 5.75 Å². The Hall–Kier alpha value is -1.71. The molecule has 0 aliphatic heterocycles. The first-order valence-electron chi connectivity index (χ1n) is 6.54. The van der Waals surface area contributed by atoms with Crippen LogP contribution in [-0.2, 0) is 0 Å². The molecule has 0 radical (unpaired) electrons. The van der Waals surface area contributed by atoms with E-state index < -0.39 is 0 Å². The monoisotopic (exact) mass is 248 g/mol. The zero-order chi connectivity index (χ0) is 12.8. The van der Waals surface area contributed by atoms with Crippen molar-refractivity contribution >= 4 is 5.84 Å². The first-order valence-corrected chi connectivity index (χ1v) is 6.54. The van der Waals surface area contributed by atoms with Gasteiger partial charge in [-0.3, -0.25) is 0 Å². The number of amidine groups is 1. The molecule has 4 nitrogen and oxygen atoms in total. The van der Waals surface area contributed by atoms with Crippen LogP contribution in [0.15, 0.2) is 29.4 Å². The van der Waals surface area contributed by atoms with Crippen molar-refractivity contribution in [1.29, 1.82) is 0 Å². The first-order chi connectivity index (χ1) is 8.79. The average molecular weight is 248 g/mol. The van der Waals surface area contributed by atoms with Crippen LogP contribution in [0, 0.1) is 0 Å². The maximum Gasteiger partial charge on any atom is 0.170 e. The molecular weight excluding hydrogens is 228 g/mol. The molecule has 0 saturated heterocycles. The zero-order valence-electron chi connectivity index (χ0n) is 10.5. The summed E-state index contributed by atoms with van der Waals surface area (Å²) in [6.45, 7) is 0. The second-order valence-electron chi connectivity index (χ2n) is 4.74. The van der Waals surface area contributed by atoms with Crippen LogP contribution in [0.1, 0.15) is 44.1 Å². The van der Waals surface area contributed by atoms with E-state index in [0.717, 1.165) is 18.6 Å². The van der Waals surface area contributed by atoms with Crippen LogP contribution in [0.2, 0.25) is 0 Å². The van der Waals surface area contributed by atoms with E-state index in [1.54, 1.807) is 6.07 Å². The third kappa shape index (κ3) is 3.39. The fraction of sp³-hybridized carbons (Fsp3) is 0.500. The van der Waals surface area contributed by atoms with Gasteiger partial charge in [-0.1, -0.05) is 30.1 Å². The number of nitrogens with two attached hydrogens (primary N) is 1. The maximum absolute atomic E-state index is 8.66. The highest BCUT2D eigenvalue weighted by atomic mass is 16.5. The molecule has 1 fully saturated rings. The zero-order valence-corrected chi connectivity index (χ0v) is 10.5. The Morgan fingerprint density at radius 2 is 1.94 bits per heavy atom. The lowest BCUT2D eigenvalue weighted by Gasteiger charge is -2.17. The minimum absolute atomic E-state index is 0.112. The molecule has 0 spiro atoms.